The van der Waals surface area contributed by atoms with Crippen LogP contribution in [-0.4, -0.2) is 32.7 Å². The maximum absolute atomic E-state index is 13.3. The lowest BCUT2D eigenvalue weighted by Crippen LogP contribution is -2.28. The zero-order valence-electron chi connectivity index (χ0n) is 10.7. The number of aromatic nitrogens is 4. The molecule has 1 N–H and O–H groups in total. The van der Waals surface area contributed by atoms with Crippen LogP contribution >= 0.6 is 0 Å². The van der Waals surface area contributed by atoms with Crippen LogP contribution in [0.1, 0.15) is 24.2 Å². The Morgan fingerprint density at radius 2 is 2.26 bits per heavy atom. The van der Waals surface area contributed by atoms with Crippen LogP contribution < -0.4 is 5.32 Å². The molecule has 0 radical (unpaired) electrons. The van der Waals surface area contributed by atoms with Gasteiger partial charge in [0.15, 0.2) is 0 Å². The Bertz CT molecular complexity index is 568. The maximum atomic E-state index is 13.3. The van der Waals surface area contributed by atoms with E-state index < -0.39 is 5.82 Å². The normalized spacial score (nSPS) is 10.7. The lowest BCUT2D eigenvalue weighted by Gasteiger charge is -2.11. The first-order valence-corrected chi connectivity index (χ1v) is 5.89. The molecule has 2 rings (SSSR count). The van der Waals surface area contributed by atoms with Crippen molar-refractivity contribution >= 4 is 5.91 Å². The van der Waals surface area contributed by atoms with Gasteiger partial charge in [0.25, 0.3) is 5.91 Å². The number of tetrazole rings is 1. The minimum atomic E-state index is -0.480. The quantitative estimate of drug-likeness (QED) is 0.899. The van der Waals surface area contributed by atoms with Gasteiger partial charge >= 0.3 is 0 Å². The summed E-state index contributed by atoms with van der Waals surface area (Å²) < 4.78 is 14.6. The van der Waals surface area contributed by atoms with Crippen LogP contribution in [0.3, 0.4) is 0 Å². The number of hydrogen-bond donors (Lipinski definition) is 1. The van der Waals surface area contributed by atoms with Crippen molar-refractivity contribution in [1.82, 2.24) is 25.5 Å². The Labute approximate surface area is 109 Å². The summed E-state index contributed by atoms with van der Waals surface area (Å²) in [6.07, 6.45) is 1.35. The van der Waals surface area contributed by atoms with Crippen LogP contribution in [0.2, 0.25) is 0 Å². The number of amides is 1. The van der Waals surface area contributed by atoms with Crippen LogP contribution in [0.5, 0.6) is 0 Å². The molecular weight excluding hydrogens is 249 g/mol. The third-order valence-corrected chi connectivity index (χ3v) is 2.47. The van der Waals surface area contributed by atoms with Crippen molar-refractivity contribution in [3.8, 4) is 5.69 Å². The van der Waals surface area contributed by atoms with E-state index in [1.165, 1.54) is 29.2 Å². The van der Waals surface area contributed by atoms with Crippen LogP contribution in [0, 0.1) is 11.7 Å². The summed E-state index contributed by atoms with van der Waals surface area (Å²) >= 11 is 0. The zero-order valence-corrected chi connectivity index (χ0v) is 10.7. The smallest absolute Gasteiger partial charge is 0.253 e. The summed E-state index contributed by atoms with van der Waals surface area (Å²) in [4.78, 5) is 12.1. The molecule has 100 valence electrons. The van der Waals surface area contributed by atoms with Crippen LogP contribution in [0.4, 0.5) is 4.39 Å². The lowest BCUT2D eigenvalue weighted by molar-refractivity contribution is 0.0948. The molecule has 0 fully saturated rings. The van der Waals surface area contributed by atoms with Gasteiger partial charge in [0.1, 0.15) is 12.1 Å². The summed E-state index contributed by atoms with van der Waals surface area (Å²) in [5.74, 6) is -0.515. The van der Waals surface area contributed by atoms with E-state index >= 15 is 0 Å². The van der Waals surface area contributed by atoms with Crippen molar-refractivity contribution in [2.75, 3.05) is 6.54 Å². The summed E-state index contributed by atoms with van der Waals surface area (Å²) in [5.41, 5.74) is 0.639. The van der Waals surface area contributed by atoms with E-state index in [1.807, 2.05) is 13.8 Å². The monoisotopic (exact) mass is 263 g/mol. The second-order valence-electron chi connectivity index (χ2n) is 4.52. The molecule has 6 nitrogen and oxygen atoms in total. The van der Waals surface area contributed by atoms with E-state index in [0.717, 1.165) is 0 Å². The first-order valence-electron chi connectivity index (χ1n) is 5.89. The van der Waals surface area contributed by atoms with E-state index in [1.54, 1.807) is 0 Å². The fourth-order valence-corrected chi connectivity index (χ4v) is 1.55. The van der Waals surface area contributed by atoms with E-state index in [0.29, 0.717) is 18.2 Å². The summed E-state index contributed by atoms with van der Waals surface area (Å²) in [6, 6.07) is 3.90. The van der Waals surface area contributed by atoms with Crippen molar-refractivity contribution in [3.05, 3.63) is 35.9 Å². The maximum Gasteiger partial charge on any atom is 0.253 e. The Kier molecular flexibility index (Phi) is 3.84. The van der Waals surface area contributed by atoms with Gasteiger partial charge in [0, 0.05) is 6.54 Å². The molecule has 0 aliphatic carbocycles. The molecular formula is C12H14FN5O. The number of halogens is 1. The average molecular weight is 263 g/mol. The number of rotatable bonds is 4. The molecule has 0 spiro atoms. The van der Waals surface area contributed by atoms with Gasteiger partial charge in [-0.05, 0) is 34.5 Å². The highest BCUT2D eigenvalue weighted by Crippen LogP contribution is 2.15. The molecule has 0 aliphatic rings. The molecule has 0 bridgehead atoms. The Morgan fingerprint density at radius 1 is 1.47 bits per heavy atom. The van der Waals surface area contributed by atoms with Gasteiger partial charge in [-0.15, -0.1) is 5.10 Å². The molecule has 0 saturated carbocycles. The summed E-state index contributed by atoms with van der Waals surface area (Å²) in [5, 5.41) is 13.5. The topological polar surface area (TPSA) is 72.7 Å². The van der Waals surface area contributed by atoms with Gasteiger partial charge < -0.3 is 5.32 Å². The second-order valence-corrected chi connectivity index (χ2v) is 4.52. The number of carbonyl (C=O) groups is 1. The lowest BCUT2D eigenvalue weighted by atomic mass is 10.1. The van der Waals surface area contributed by atoms with Gasteiger partial charge in [0.05, 0.1) is 11.3 Å². The van der Waals surface area contributed by atoms with Gasteiger partial charge in [-0.1, -0.05) is 13.8 Å². The molecule has 0 atom stereocenters. The number of nitrogens with one attached hydrogen (secondary N) is 1. The van der Waals surface area contributed by atoms with Crippen molar-refractivity contribution in [3.63, 3.8) is 0 Å². The molecule has 0 saturated heterocycles. The van der Waals surface area contributed by atoms with E-state index in [4.69, 9.17) is 0 Å². The molecule has 1 amide bonds. The Balaban J connectivity index is 2.33. The predicted molar refractivity (Wildman–Crippen MR) is 66.3 cm³/mol. The molecule has 1 aromatic heterocycles. The van der Waals surface area contributed by atoms with Crippen molar-refractivity contribution in [1.29, 1.82) is 0 Å². The van der Waals surface area contributed by atoms with Gasteiger partial charge in [0.2, 0.25) is 0 Å². The number of carbonyl (C=O) groups excluding carboxylic acids is 1. The highest BCUT2D eigenvalue weighted by molar-refractivity contribution is 5.97. The SMILES string of the molecule is CC(C)CNC(=O)c1cc(F)ccc1-n1cnnn1. The fraction of sp³-hybridized carbons (Fsp3) is 0.333. The first-order chi connectivity index (χ1) is 9.08. The average Bonchev–Trinajstić information content (AvgIpc) is 2.89. The fourth-order valence-electron chi connectivity index (χ4n) is 1.55. The predicted octanol–water partition coefficient (Wildman–Crippen LogP) is 1.19. The second kappa shape index (κ2) is 5.55. The number of hydrogen-bond acceptors (Lipinski definition) is 4. The van der Waals surface area contributed by atoms with Crippen molar-refractivity contribution in [2.45, 2.75) is 13.8 Å². The highest BCUT2D eigenvalue weighted by atomic mass is 19.1. The largest absolute Gasteiger partial charge is 0.352 e. The Morgan fingerprint density at radius 3 is 2.89 bits per heavy atom. The molecule has 1 heterocycles. The van der Waals surface area contributed by atoms with E-state index in [-0.39, 0.29) is 11.5 Å². The van der Waals surface area contributed by atoms with E-state index in [9.17, 15) is 9.18 Å². The first kappa shape index (κ1) is 13.1. The molecule has 1 aromatic carbocycles. The third kappa shape index (κ3) is 3.12. The number of benzene rings is 1. The third-order valence-electron chi connectivity index (χ3n) is 2.47. The minimum absolute atomic E-state index is 0.202. The Hall–Kier alpha value is -2.31. The standard InChI is InChI=1S/C12H14FN5O/c1-8(2)6-14-12(19)10-5-9(13)3-4-11(10)18-7-15-16-17-18/h3-5,7-8H,6H2,1-2H3,(H,14,19). The highest BCUT2D eigenvalue weighted by Gasteiger charge is 2.15. The van der Waals surface area contributed by atoms with Crippen molar-refractivity contribution in [2.24, 2.45) is 5.92 Å². The molecule has 19 heavy (non-hydrogen) atoms. The summed E-state index contributed by atoms with van der Waals surface area (Å²) in [6.45, 7) is 4.48. The minimum Gasteiger partial charge on any atom is -0.352 e. The summed E-state index contributed by atoms with van der Waals surface area (Å²) in [7, 11) is 0. The zero-order chi connectivity index (χ0) is 13.8. The molecule has 7 heteroatoms. The van der Waals surface area contributed by atoms with E-state index in [2.05, 4.69) is 20.8 Å². The van der Waals surface area contributed by atoms with Gasteiger partial charge in [-0.25, -0.2) is 4.39 Å². The van der Waals surface area contributed by atoms with Crippen molar-refractivity contribution < 1.29 is 9.18 Å². The molecule has 0 unspecified atom stereocenters. The number of nitrogens with zero attached hydrogens (tertiary/aromatic N) is 4. The van der Waals surface area contributed by atoms with Gasteiger partial charge in [-0.3, -0.25) is 4.79 Å². The molecule has 2 aromatic rings. The van der Waals surface area contributed by atoms with Crippen LogP contribution in [0.25, 0.3) is 5.69 Å². The van der Waals surface area contributed by atoms with Crippen LogP contribution in [0.15, 0.2) is 24.5 Å². The van der Waals surface area contributed by atoms with Crippen LogP contribution in [-0.2, 0) is 0 Å². The molecule has 0 aliphatic heterocycles. The van der Waals surface area contributed by atoms with Gasteiger partial charge in [-0.2, -0.15) is 4.68 Å².